The topological polar surface area (TPSA) is 62.3 Å². The average molecular weight is 332 g/mol. The Morgan fingerprint density at radius 2 is 1.87 bits per heavy atom. The molecule has 5 nitrogen and oxygen atoms in total. The van der Waals surface area contributed by atoms with E-state index in [2.05, 4.69) is 10.3 Å². The zero-order valence-corrected chi connectivity index (χ0v) is 13.8. The number of halogens is 1. The Balaban J connectivity index is 2.17. The van der Waals surface area contributed by atoms with Crippen LogP contribution in [-0.2, 0) is 0 Å². The van der Waals surface area contributed by atoms with Crippen LogP contribution in [0.4, 0.5) is 5.69 Å². The van der Waals surface area contributed by atoms with Gasteiger partial charge in [0.25, 0.3) is 11.8 Å². The number of anilines is 1. The lowest BCUT2D eigenvalue weighted by Gasteiger charge is -2.19. The van der Waals surface area contributed by atoms with Gasteiger partial charge in [-0.05, 0) is 44.2 Å². The van der Waals surface area contributed by atoms with Crippen LogP contribution in [0.15, 0.2) is 42.6 Å². The Morgan fingerprint density at radius 1 is 1.13 bits per heavy atom. The molecule has 0 radical (unpaired) electrons. The SMILES string of the molecule is CCN(CC)C(=O)c1cccc(NC(=O)c2ccnc(Cl)c2)c1. The third-order valence-corrected chi connectivity index (χ3v) is 3.61. The van der Waals surface area contributed by atoms with E-state index in [1.165, 1.54) is 12.3 Å². The summed E-state index contributed by atoms with van der Waals surface area (Å²) in [7, 11) is 0. The van der Waals surface area contributed by atoms with Crippen LogP contribution in [-0.4, -0.2) is 34.8 Å². The Hall–Kier alpha value is -2.40. The van der Waals surface area contributed by atoms with E-state index in [0.717, 1.165) is 0 Å². The van der Waals surface area contributed by atoms with Crippen molar-refractivity contribution in [2.45, 2.75) is 13.8 Å². The molecule has 0 unspecified atom stereocenters. The van der Waals surface area contributed by atoms with Crippen molar-refractivity contribution in [3.8, 4) is 0 Å². The van der Waals surface area contributed by atoms with Crippen LogP contribution in [0.5, 0.6) is 0 Å². The molecule has 0 aliphatic rings. The molecule has 0 fully saturated rings. The molecular weight excluding hydrogens is 314 g/mol. The number of carbonyl (C=O) groups excluding carboxylic acids is 2. The van der Waals surface area contributed by atoms with Gasteiger partial charge in [-0.3, -0.25) is 9.59 Å². The van der Waals surface area contributed by atoms with Crippen LogP contribution in [0.3, 0.4) is 0 Å². The summed E-state index contributed by atoms with van der Waals surface area (Å²) in [6, 6.07) is 9.94. The minimum atomic E-state index is -0.304. The van der Waals surface area contributed by atoms with Crippen molar-refractivity contribution < 1.29 is 9.59 Å². The molecule has 0 aliphatic heterocycles. The third-order valence-electron chi connectivity index (χ3n) is 3.41. The van der Waals surface area contributed by atoms with Crippen LogP contribution in [0, 0.1) is 0 Å². The van der Waals surface area contributed by atoms with Crippen molar-refractivity contribution in [3.63, 3.8) is 0 Å². The van der Waals surface area contributed by atoms with Crippen LogP contribution < -0.4 is 5.32 Å². The number of rotatable bonds is 5. The van der Waals surface area contributed by atoms with E-state index in [0.29, 0.717) is 29.9 Å². The van der Waals surface area contributed by atoms with Crippen molar-refractivity contribution in [2.24, 2.45) is 0 Å². The lowest BCUT2D eigenvalue weighted by atomic mass is 10.1. The summed E-state index contributed by atoms with van der Waals surface area (Å²) in [6.07, 6.45) is 1.47. The maximum absolute atomic E-state index is 12.3. The second-order valence-electron chi connectivity index (χ2n) is 4.88. The first-order valence-electron chi connectivity index (χ1n) is 7.37. The number of hydrogen-bond acceptors (Lipinski definition) is 3. The average Bonchev–Trinajstić information content (AvgIpc) is 2.56. The first kappa shape index (κ1) is 17.0. The standard InChI is InChI=1S/C17H18ClN3O2/c1-3-21(4-2)17(23)13-6-5-7-14(10-13)20-16(22)12-8-9-19-15(18)11-12/h5-11H,3-4H2,1-2H3,(H,20,22). The fourth-order valence-corrected chi connectivity index (χ4v) is 2.34. The molecule has 0 atom stereocenters. The molecule has 0 bridgehead atoms. The number of hydrogen-bond donors (Lipinski definition) is 1. The lowest BCUT2D eigenvalue weighted by molar-refractivity contribution is 0.0772. The Morgan fingerprint density at radius 3 is 2.52 bits per heavy atom. The van der Waals surface area contributed by atoms with Gasteiger partial charge in [-0.15, -0.1) is 0 Å². The number of nitrogens with zero attached hydrogens (tertiary/aromatic N) is 2. The van der Waals surface area contributed by atoms with Gasteiger partial charge in [0.15, 0.2) is 0 Å². The van der Waals surface area contributed by atoms with Gasteiger partial charge < -0.3 is 10.2 Å². The van der Waals surface area contributed by atoms with E-state index >= 15 is 0 Å². The van der Waals surface area contributed by atoms with Crippen molar-refractivity contribution >= 4 is 29.1 Å². The van der Waals surface area contributed by atoms with Gasteiger partial charge in [0.2, 0.25) is 0 Å². The van der Waals surface area contributed by atoms with E-state index < -0.39 is 0 Å². The van der Waals surface area contributed by atoms with Crippen LogP contribution in [0.25, 0.3) is 0 Å². The summed E-state index contributed by atoms with van der Waals surface area (Å²) in [5.74, 6) is -0.361. The van der Waals surface area contributed by atoms with Crippen molar-refractivity contribution in [2.75, 3.05) is 18.4 Å². The van der Waals surface area contributed by atoms with Gasteiger partial charge in [-0.1, -0.05) is 17.7 Å². The zero-order chi connectivity index (χ0) is 16.8. The molecule has 0 saturated heterocycles. The van der Waals surface area contributed by atoms with Crippen molar-refractivity contribution in [1.29, 1.82) is 0 Å². The van der Waals surface area contributed by atoms with Gasteiger partial charge in [0.05, 0.1) is 0 Å². The Kier molecular flexibility index (Phi) is 5.71. The smallest absolute Gasteiger partial charge is 0.255 e. The molecule has 0 saturated carbocycles. The summed E-state index contributed by atoms with van der Waals surface area (Å²) in [5.41, 5.74) is 1.51. The largest absolute Gasteiger partial charge is 0.339 e. The minimum Gasteiger partial charge on any atom is -0.339 e. The van der Waals surface area contributed by atoms with Crippen LogP contribution in [0.2, 0.25) is 5.15 Å². The molecule has 1 aromatic carbocycles. The highest BCUT2D eigenvalue weighted by Crippen LogP contribution is 2.15. The first-order chi connectivity index (χ1) is 11.0. The quantitative estimate of drug-likeness (QED) is 0.853. The van der Waals surface area contributed by atoms with E-state index in [9.17, 15) is 9.59 Å². The van der Waals surface area contributed by atoms with Crippen LogP contribution in [0.1, 0.15) is 34.6 Å². The molecule has 0 aliphatic carbocycles. The summed E-state index contributed by atoms with van der Waals surface area (Å²) < 4.78 is 0. The molecular formula is C17H18ClN3O2. The van der Waals surface area contributed by atoms with Gasteiger partial charge in [-0.25, -0.2) is 4.98 Å². The lowest BCUT2D eigenvalue weighted by Crippen LogP contribution is -2.30. The van der Waals surface area contributed by atoms with E-state index in [4.69, 9.17) is 11.6 Å². The molecule has 1 aromatic heterocycles. The maximum atomic E-state index is 12.3. The van der Waals surface area contributed by atoms with E-state index in [-0.39, 0.29) is 17.0 Å². The molecule has 23 heavy (non-hydrogen) atoms. The summed E-state index contributed by atoms with van der Waals surface area (Å²) in [5, 5.41) is 3.01. The second-order valence-corrected chi connectivity index (χ2v) is 5.27. The molecule has 1 N–H and O–H groups in total. The third kappa shape index (κ3) is 4.29. The normalized spacial score (nSPS) is 10.2. The number of carbonyl (C=O) groups is 2. The van der Waals surface area contributed by atoms with Crippen molar-refractivity contribution in [1.82, 2.24) is 9.88 Å². The van der Waals surface area contributed by atoms with Gasteiger partial charge in [0, 0.05) is 36.1 Å². The van der Waals surface area contributed by atoms with E-state index in [1.807, 2.05) is 13.8 Å². The fraction of sp³-hybridized carbons (Fsp3) is 0.235. The Bertz CT molecular complexity index is 714. The van der Waals surface area contributed by atoms with Gasteiger partial charge in [0.1, 0.15) is 5.15 Å². The number of aromatic nitrogens is 1. The highest BCUT2D eigenvalue weighted by molar-refractivity contribution is 6.29. The minimum absolute atomic E-state index is 0.0574. The number of benzene rings is 1. The summed E-state index contributed by atoms with van der Waals surface area (Å²) in [6.45, 7) is 5.14. The first-order valence-corrected chi connectivity index (χ1v) is 7.75. The highest BCUT2D eigenvalue weighted by atomic mass is 35.5. The number of amides is 2. The monoisotopic (exact) mass is 331 g/mol. The number of nitrogens with one attached hydrogen (secondary N) is 1. The molecule has 6 heteroatoms. The maximum Gasteiger partial charge on any atom is 0.255 e. The summed E-state index contributed by atoms with van der Waals surface area (Å²) >= 11 is 5.78. The molecule has 120 valence electrons. The molecule has 0 spiro atoms. The Labute approximate surface area is 140 Å². The molecule has 2 aromatic rings. The van der Waals surface area contributed by atoms with E-state index in [1.54, 1.807) is 35.2 Å². The highest BCUT2D eigenvalue weighted by Gasteiger charge is 2.13. The van der Waals surface area contributed by atoms with Crippen molar-refractivity contribution in [3.05, 3.63) is 58.9 Å². The molecule has 2 amide bonds. The van der Waals surface area contributed by atoms with Gasteiger partial charge in [-0.2, -0.15) is 0 Å². The second kappa shape index (κ2) is 7.74. The summed E-state index contributed by atoms with van der Waals surface area (Å²) in [4.78, 5) is 30.1. The molecule has 2 rings (SSSR count). The van der Waals surface area contributed by atoms with Crippen LogP contribution >= 0.6 is 11.6 Å². The zero-order valence-electron chi connectivity index (χ0n) is 13.0. The molecule has 1 heterocycles. The fourth-order valence-electron chi connectivity index (χ4n) is 2.17. The van der Waals surface area contributed by atoms with Gasteiger partial charge >= 0.3 is 0 Å². The number of pyridine rings is 1. The predicted molar refractivity (Wildman–Crippen MR) is 90.9 cm³/mol. The predicted octanol–water partition coefficient (Wildman–Crippen LogP) is 3.47.